The van der Waals surface area contributed by atoms with Gasteiger partial charge in [-0.3, -0.25) is 19.7 Å². The molecule has 0 spiro atoms. The highest BCUT2D eigenvalue weighted by Gasteiger charge is 2.23. The lowest BCUT2D eigenvalue weighted by Gasteiger charge is -2.28. The van der Waals surface area contributed by atoms with Gasteiger partial charge in [0.1, 0.15) is 5.69 Å². The van der Waals surface area contributed by atoms with E-state index in [9.17, 15) is 19.7 Å². The van der Waals surface area contributed by atoms with Gasteiger partial charge in [0.2, 0.25) is 0 Å². The fourth-order valence-corrected chi connectivity index (χ4v) is 4.04. The van der Waals surface area contributed by atoms with Gasteiger partial charge in [0.05, 0.1) is 4.92 Å². The minimum Gasteiger partial charge on any atom is -0.366 e. The summed E-state index contributed by atoms with van der Waals surface area (Å²) in [7, 11) is 0. The van der Waals surface area contributed by atoms with Crippen molar-refractivity contribution in [3.8, 4) is 0 Å². The van der Waals surface area contributed by atoms with Crippen molar-refractivity contribution in [1.82, 2.24) is 0 Å². The van der Waals surface area contributed by atoms with Crippen LogP contribution in [0.1, 0.15) is 45.5 Å². The highest BCUT2D eigenvalue weighted by molar-refractivity contribution is 6.06. The monoisotopic (exact) mass is 458 g/mol. The van der Waals surface area contributed by atoms with Crippen molar-refractivity contribution in [1.29, 1.82) is 0 Å². The van der Waals surface area contributed by atoms with Crippen LogP contribution in [0, 0.1) is 17.0 Å². The lowest BCUT2D eigenvalue weighted by Crippen LogP contribution is -2.30. The third-order valence-electron chi connectivity index (χ3n) is 5.81. The van der Waals surface area contributed by atoms with Crippen molar-refractivity contribution >= 4 is 34.6 Å². The normalized spacial score (nSPS) is 13.3. The Bertz CT molecular complexity index is 1220. The van der Waals surface area contributed by atoms with Crippen LogP contribution in [-0.2, 0) is 0 Å². The van der Waals surface area contributed by atoms with E-state index in [0.717, 1.165) is 37.9 Å². The van der Waals surface area contributed by atoms with Gasteiger partial charge in [-0.1, -0.05) is 17.7 Å². The molecular formula is C26H26N4O4. The fourth-order valence-electron chi connectivity index (χ4n) is 4.04. The van der Waals surface area contributed by atoms with Gasteiger partial charge in [-0.2, -0.15) is 0 Å². The maximum atomic E-state index is 12.7. The lowest BCUT2D eigenvalue weighted by molar-refractivity contribution is -0.384. The molecular weight excluding hydrogens is 432 g/mol. The standard InChI is InChI=1S/C26H26N4O4/c1-18-6-5-7-19(16-18)25(31)27-21-9-11-22(12-10-21)28-26(32)20-8-13-23(24(17-20)30(33)34)29-14-3-2-4-15-29/h5-13,16-17H,2-4,14-15H2,1H3,(H,27,31)(H,28,32). The molecule has 0 aliphatic carbocycles. The first-order valence-corrected chi connectivity index (χ1v) is 11.2. The van der Waals surface area contributed by atoms with Gasteiger partial charge in [-0.25, -0.2) is 0 Å². The van der Waals surface area contributed by atoms with E-state index in [2.05, 4.69) is 10.6 Å². The summed E-state index contributed by atoms with van der Waals surface area (Å²) in [6.07, 6.45) is 3.13. The molecule has 8 nitrogen and oxygen atoms in total. The number of aryl methyl sites for hydroxylation is 1. The number of benzene rings is 3. The molecule has 3 aromatic rings. The largest absolute Gasteiger partial charge is 0.366 e. The smallest absolute Gasteiger partial charge is 0.293 e. The Morgan fingerprint density at radius 2 is 1.41 bits per heavy atom. The van der Waals surface area contributed by atoms with Gasteiger partial charge >= 0.3 is 0 Å². The average Bonchev–Trinajstić information content (AvgIpc) is 2.85. The Balaban J connectivity index is 1.43. The molecule has 0 unspecified atom stereocenters. The molecule has 2 amide bonds. The first-order chi connectivity index (χ1) is 16.4. The van der Waals surface area contributed by atoms with Crippen LogP contribution < -0.4 is 15.5 Å². The predicted octanol–water partition coefficient (Wildman–Crippen LogP) is 5.40. The first-order valence-electron chi connectivity index (χ1n) is 11.2. The zero-order valence-corrected chi connectivity index (χ0v) is 18.9. The highest BCUT2D eigenvalue weighted by atomic mass is 16.6. The van der Waals surface area contributed by atoms with E-state index in [0.29, 0.717) is 22.6 Å². The molecule has 0 aromatic heterocycles. The molecule has 0 radical (unpaired) electrons. The van der Waals surface area contributed by atoms with E-state index in [1.54, 1.807) is 48.5 Å². The Kier molecular flexibility index (Phi) is 6.87. The van der Waals surface area contributed by atoms with Crippen LogP contribution in [0.3, 0.4) is 0 Å². The van der Waals surface area contributed by atoms with Crippen molar-refractivity contribution in [2.75, 3.05) is 28.6 Å². The Hall–Kier alpha value is -4.20. The Labute approximate surface area is 197 Å². The molecule has 174 valence electrons. The maximum Gasteiger partial charge on any atom is 0.293 e. The van der Waals surface area contributed by atoms with Crippen molar-refractivity contribution in [3.05, 3.63) is 93.5 Å². The van der Waals surface area contributed by atoms with Crippen molar-refractivity contribution in [2.24, 2.45) is 0 Å². The number of piperidine rings is 1. The number of nitro benzene ring substituents is 1. The fraction of sp³-hybridized carbons (Fsp3) is 0.231. The molecule has 0 saturated carbocycles. The van der Waals surface area contributed by atoms with Crippen LogP contribution >= 0.6 is 0 Å². The minimum absolute atomic E-state index is 0.0660. The Morgan fingerprint density at radius 1 is 0.824 bits per heavy atom. The molecule has 0 bridgehead atoms. The number of carbonyl (C=O) groups excluding carboxylic acids is 2. The van der Waals surface area contributed by atoms with E-state index in [1.807, 2.05) is 24.0 Å². The second-order valence-electron chi connectivity index (χ2n) is 8.36. The highest BCUT2D eigenvalue weighted by Crippen LogP contribution is 2.31. The summed E-state index contributed by atoms with van der Waals surface area (Å²) in [5.41, 5.74) is 3.36. The molecule has 8 heteroatoms. The van der Waals surface area contributed by atoms with E-state index in [-0.39, 0.29) is 17.2 Å². The number of hydrogen-bond donors (Lipinski definition) is 2. The molecule has 3 aromatic carbocycles. The maximum absolute atomic E-state index is 12.7. The summed E-state index contributed by atoms with van der Waals surface area (Å²) in [5.74, 6) is -0.661. The van der Waals surface area contributed by atoms with E-state index in [1.165, 1.54) is 6.07 Å². The van der Waals surface area contributed by atoms with Crippen LogP contribution in [0.5, 0.6) is 0 Å². The lowest BCUT2D eigenvalue weighted by atomic mass is 10.1. The molecule has 4 rings (SSSR count). The van der Waals surface area contributed by atoms with Gasteiger partial charge < -0.3 is 15.5 Å². The van der Waals surface area contributed by atoms with Gasteiger partial charge in [-0.05, 0) is 74.7 Å². The van der Waals surface area contributed by atoms with Gasteiger partial charge in [-0.15, -0.1) is 0 Å². The zero-order valence-electron chi connectivity index (χ0n) is 18.9. The number of rotatable bonds is 6. The number of anilines is 3. The molecule has 1 fully saturated rings. The SMILES string of the molecule is Cc1cccc(C(=O)Nc2ccc(NC(=O)c3ccc(N4CCCCC4)c([N+](=O)[O-])c3)cc2)c1. The number of nitro groups is 1. The molecule has 1 aliphatic rings. The van der Waals surface area contributed by atoms with Crippen LogP contribution in [0.4, 0.5) is 22.7 Å². The summed E-state index contributed by atoms with van der Waals surface area (Å²) in [6.45, 7) is 3.47. The molecule has 1 heterocycles. The summed E-state index contributed by atoms with van der Waals surface area (Å²) >= 11 is 0. The number of amides is 2. The molecule has 34 heavy (non-hydrogen) atoms. The summed E-state index contributed by atoms with van der Waals surface area (Å²) in [5, 5.41) is 17.2. The quantitative estimate of drug-likeness (QED) is 0.380. The summed E-state index contributed by atoms with van der Waals surface area (Å²) < 4.78 is 0. The first kappa shape index (κ1) is 23.0. The molecule has 2 N–H and O–H groups in total. The number of nitrogens with zero attached hydrogens (tertiary/aromatic N) is 2. The minimum atomic E-state index is -0.440. The Morgan fingerprint density at radius 3 is 1.97 bits per heavy atom. The van der Waals surface area contributed by atoms with Crippen LogP contribution in [0.2, 0.25) is 0 Å². The molecule has 1 aliphatic heterocycles. The summed E-state index contributed by atoms with van der Waals surface area (Å²) in [6, 6.07) is 18.6. The third-order valence-corrected chi connectivity index (χ3v) is 5.81. The number of nitrogens with one attached hydrogen (secondary N) is 2. The van der Waals surface area contributed by atoms with E-state index < -0.39 is 10.8 Å². The third kappa shape index (κ3) is 5.40. The number of carbonyl (C=O) groups is 2. The molecule has 0 atom stereocenters. The predicted molar refractivity (Wildman–Crippen MR) is 133 cm³/mol. The second kappa shape index (κ2) is 10.2. The van der Waals surface area contributed by atoms with Gasteiger partial charge in [0, 0.05) is 41.7 Å². The van der Waals surface area contributed by atoms with Crippen molar-refractivity contribution in [3.63, 3.8) is 0 Å². The van der Waals surface area contributed by atoms with Crippen LogP contribution in [0.25, 0.3) is 0 Å². The second-order valence-corrected chi connectivity index (χ2v) is 8.36. The van der Waals surface area contributed by atoms with Crippen molar-refractivity contribution < 1.29 is 14.5 Å². The van der Waals surface area contributed by atoms with Crippen molar-refractivity contribution in [2.45, 2.75) is 26.2 Å². The summed E-state index contributed by atoms with van der Waals surface area (Å²) in [4.78, 5) is 38.4. The van der Waals surface area contributed by atoms with E-state index >= 15 is 0 Å². The average molecular weight is 459 g/mol. The van der Waals surface area contributed by atoms with Crippen LogP contribution in [0.15, 0.2) is 66.7 Å². The van der Waals surface area contributed by atoms with Crippen LogP contribution in [-0.4, -0.2) is 29.8 Å². The van der Waals surface area contributed by atoms with E-state index in [4.69, 9.17) is 0 Å². The van der Waals surface area contributed by atoms with Gasteiger partial charge in [0.15, 0.2) is 0 Å². The zero-order chi connectivity index (χ0) is 24.1. The van der Waals surface area contributed by atoms with Gasteiger partial charge in [0.25, 0.3) is 17.5 Å². The topological polar surface area (TPSA) is 105 Å². The molecule has 1 saturated heterocycles. The number of hydrogen-bond acceptors (Lipinski definition) is 5.